The molecule has 1 amide bonds. The molecule has 0 bridgehead atoms. The normalized spacial score (nSPS) is 11.1. The van der Waals surface area contributed by atoms with Crippen molar-refractivity contribution in [1.82, 2.24) is 14.9 Å². The van der Waals surface area contributed by atoms with Crippen LogP contribution in [0.4, 0.5) is 0 Å². The predicted molar refractivity (Wildman–Crippen MR) is 111 cm³/mol. The van der Waals surface area contributed by atoms with Crippen molar-refractivity contribution in [3.8, 4) is 0 Å². The largest absolute Gasteiger partial charge is 0.353 e. The zero-order valence-electron chi connectivity index (χ0n) is 15.7. The fraction of sp³-hybridized carbons (Fsp3) is 0.217. The molecule has 0 aliphatic heterocycles. The lowest BCUT2D eigenvalue weighted by molar-refractivity contribution is -0.116. The molecule has 0 saturated heterocycles. The van der Waals surface area contributed by atoms with Gasteiger partial charge in [-0.2, -0.15) is 0 Å². The monoisotopic (exact) mass is 359 g/mol. The summed E-state index contributed by atoms with van der Waals surface area (Å²) in [5, 5.41) is 2.94. The molecule has 2 aromatic carbocycles. The van der Waals surface area contributed by atoms with Crippen LogP contribution < -0.4 is 5.32 Å². The summed E-state index contributed by atoms with van der Waals surface area (Å²) < 4.78 is 2.22. The number of fused-ring (bicyclic) bond motifs is 1. The van der Waals surface area contributed by atoms with Crippen molar-refractivity contribution in [1.29, 1.82) is 0 Å². The standard InChI is InChI=1S/C23H25N3O/c1-18(2)17-26-21-12-7-6-11-20(21)25-22(26)13-8-16-24-23(27)15-14-19-9-4-3-5-10-19/h3-7,9-12,14-15H,1,8,13,16-17H2,2H3,(H,24,27)/b15-14+. The summed E-state index contributed by atoms with van der Waals surface area (Å²) in [6.45, 7) is 7.44. The van der Waals surface area contributed by atoms with Crippen molar-refractivity contribution in [2.24, 2.45) is 0 Å². The van der Waals surface area contributed by atoms with Crippen LogP contribution in [-0.2, 0) is 17.8 Å². The van der Waals surface area contributed by atoms with Crippen molar-refractivity contribution < 1.29 is 4.79 Å². The first-order valence-electron chi connectivity index (χ1n) is 9.23. The number of aryl methyl sites for hydroxylation is 1. The molecule has 3 rings (SSSR count). The van der Waals surface area contributed by atoms with E-state index in [1.54, 1.807) is 6.08 Å². The van der Waals surface area contributed by atoms with E-state index in [9.17, 15) is 4.79 Å². The van der Waals surface area contributed by atoms with Crippen molar-refractivity contribution in [3.05, 3.63) is 84.2 Å². The summed E-state index contributed by atoms with van der Waals surface area (Å²) in [4.78, 5) is 16.7. The van der Waals surface area contributed by atoms with Gasteiger partial charge in [-0.3, -0.25) is 4.79 Å². The molecule has 0 spiro atoms. The van der Waals surface area contributed by atoms with Gasteiger partial charge >= 0.3 is 0 Å². The van der Waals surface area contributed by atoms with E-state index in [2.05, 4.69) is 22.5 Å². The number of aromatic nitrogens is 2. The topological polar surface area (TPSA) is 46.9 Å². The van der Waals surface area contributed by atoms with Gasteiger partial charge in [0.1, 0.15) is 5.82 Å². The highest BCUT2D eigenvalue weighted by Crippen LogP contribution is 2.18. The number of imidazole rings is 1. The van der Waals surface area contributed by atoms with Crippen LogP contribution >= 0.6 is 0 Å². The first-order chi connectivity index (χ1) is 13.1. The number of nitrogens with zero attached hydrogens (tertiary/aromatic N) is 2. The minimum atomic E-state index is -0.0747. The molecule has 4 nitrogen and oxygen atoms in total. The van der Waals surface area contributed by atoms with Gasteiger partial charge in [0.15, 0.2) is 0 Å². The maximum absolute atomic E-state index is 12.0. The van der Waals surface area contributed by atoms with E-state index in [0.29, 0.717) is 6.54 Å². The summed E-state index contributed by atoms with van der Waals surface area (Å²) in [6, 6.07) is 18.0. The number of amides is 1. The molecule has 0 aliphatic carbocycles. The number of hydrogen-bond acceptors (Lipinski definition) is 2. The van der Waals surface area contributed by atoms with Gasteiger partial charge in [0.25, 0.3) is 0 Å². The number of benzene rings is 2. The SMILES string of the molecule is C=C(C)Cn1c(CCCNC(=O)/C=C/c2ccccc2)nc2ccccc21. The van der Waals surface area contributed by atoms with Gasteiger partial charge in [-0.15, -0.1) is 0 Å². The lowest BCUT2D eigenvalue weighted by atomic mass is 10.2. The van der Waals surface area contributed by atoms with Crippen molar-refractivity contribution in [3.63, 3.8) is 0 Å². The third kappa shape index (κ3) is 5.17. The molecule has 4 heteroatoms. The highest BCUT2D eigenvalue weighted by Gasteiger charge is 2.10. The molecule has 0 radical (unpaired) electrons. The molecular formula is C23H25N3O. The first-order valence-corrected chi connectivity index (χ1v) is 9.23. The van der Waals surface area contributed by atoms with E-state index >= 15 is 0 Å². The Labute approximate surface area is 160 Å². The van der Waals surface area contributed by atoms with Crippen LogP contribution in [-0.4, -0.2) is 22.0 Å². The molecule has 0 aliphatic rings. The second-order valence-corrected chi connectivity index (χ2v) is 6.70. The van der Waals surface area contributed by atoms with Crippen molar-refractivity contribution >= 4 is 23.0 Å². The minimum Gasteiger partial charge on any atom is -0.353 e. The molecule has 0 saturated carbocycles. The van der Waals surface area contributed by atoms with E-state index < -0.39 is 0 Å². The summed E-state index contributed by atoms with van der Waals surface area (Å²) in [5.74, 6) is 0.961. The Balaban J connectivity index is 1.55. The zero-order valence-corrected chi connectivity index (χ0v) is 15.7. The van der Waals surface area contributed by atoms with Crippen molar-refractivity contribution in [2.75, 3.05) is 6.54 Å². The van der Waals surface area contributed by atoms with Crippen LogP contribution in [0, 0.1) is 0 Å². The molecule has 27 heavy (non-hydrogen) atoms. The highest BCUT2D eigenvalue weighted by molar-refractivity contribution is 5.91. The maximum Gasteiger partial charge on any atom is 0.243 e. The predicted octanol–water partition coefficient (Wildman–Crippen LogP) is 4.37. The fourth-order valence-corrected chi connectivity index (χ4v) is 3.02. The third-order valence-corrected chi connectivity index (χ3v) is 4.26. The van der Waals surface area contributed by atoms with E-state index in [4.69, 9.17) is 4.98 Å². The summed E-state index contributed by atoms with van der Waals surface area (Å²) in [7, 11) is 0. The number of nitrogens with one attached hydrogen (secondary N) is 1. The highest BCUT2D eigenvalue weighted by atomic mass is 16.1. The smallest absolute Gasteiger partial charge is 0.243 e. The van der Waals surface area contributed by atoms with E-state index in [1.807, 2.05) is 61.5 Å². The average molecular weight is 359 g/mol. The van der Waals surface area contributed by atoms with E-state index in [1.165, 1.54) is 0 Å². The molecule has 3 aromatic rings. The number of allylic oxidation sites excluding steroid dienone is 1. The van der Waals surface area contributed by atoms with Crippen LogP contribution in [0.1, 0.15) is 24.7 Å². The van der Waals surface area contributed by atoms with Gasteiger partial charge in [-0.05, 0) is 37.1 Å². The number of rotatable bonds is 8. The second-order valence-electron chi connectivity index (χ2n) is 6.70. The van der Waals surface area contributed by atoms with Gasteiger partial charge in [0, 0.05) is 25.6 Å². The van der Waals surface area contributed by atoms with Crippen LogP contribution in [0.25, 0.3) is 17.1 Å². The Kier molecular flexibility index (Phi) is 6.21. The molecule has 0 atom stereocenters. The summed E-state index contributed by atoms with van der Waals surface area (Å²) in [5.41, 5.74) is 4.24. The van der Waals surface area contributed by atoms with Gasteiger partial charge in [0.05, 0.1) is 11.0 Å². The van der Waals surface area contributed by atoms with Crippen LogP contribution in [0.2, 0.25) is 0 Å². The van der Waals surface area contributed by atoms with Gasteiger partial charge in [-0.25, -0.2) is 4.98 Å². The fourth-order valence-electron chi connectivity index (χ4n) is 3.02. The van der Waals surface area contributed by atoms with Gasteiger partial charge in [0.2, 0.25) is 5.91 Å². The summed E-state index contributed by atoms with van der Waals surface area (Å²) in [6.07, 6.45) is 5.04. The van der Waals surface area contributed by atoms with E-state index in [0.717, 1.165) is 47.4 Å². The Morgan fingerprint density at radius 3 is 2.67 bits per heavy atom. The van der Waals surface area contributed by atoms with Crippen LogP contribution in [0.15, 0.2) is 72.8 Å². The van der Waals surface area contributed by atoms with Crippen LogP contribution in [0.5, 0.6) is 0 Å². The molecular weight excluding hydrogens is 334 g/mol. The molecule has 0 fully saturated rings. The average Bonchev–Trinajstić information content (AvgIpc) is 3.01. The molecule has 1 N–H and O–H groups in total. The summed E-state index contributed by atoms with van der Waals surface area (Å²) >= 11 is 0. The first kappa shape index (κ1) is 18.6. The Morgan fingerprint density at radius 1 is 1.15 bits per heavy atom. The zero-order chi connectivity index (χ0) is 19.1. The quantitative estimate of drug-likeness (QED) is 0.369. The van der Waals surface area contributed by atoms with Crippen molar-refractivity contribution in [2.45, 2.75) is 26.3 Å². The minimum absolute atomic E-state index is 0.0747. The molecule has 0 unspecified atom stereocenters. The number of carbonyl (C=O) groups excluding carboxylic acids is 1. The Bertz CT molecular complexity index is 954. The van der Waals surface area contributed by atoms with Gasteiger partial charge in [-0.1, -0.05) is 54.6 Å². The Morgan fingerprint density at radius 2 is 1.89 bits per heavy atom. The number of para-hydroxylation sites is 2. The van der Waals surface area contributed by atoms with E-state index in [-0.39, 0.29) is 5.91 Å². The Hall–Kier alpha value is -3.14. The molecule has 1 heterocycles. The number of hydrogen-bond donors (Lipinski definition) is 1. The lowest BCUT2D eigenvalue weighted by Gasteiger charge is -2.09. The third-order valence-electron chi connectivity index (χ3n) is 4.26. The molecule has 1 aromatic heterocycles. The van der Waals surface area contributed by atoms with Crippen LogP contribution in [0.3, 0.4) is 0 Å². The molecule has 138 valence electrons. The van der Waals surface area contributed by atoms with Gasteiger partial charge < -0.3 is 9.88 Å². The maximum atomic E-state index is 12.0. The lowest BCUT2D eigenvalue weighted by Crippen LogP contribution is -2.22. The second kappa shape index (κ2) is 8.99. The number of carbonyl (C=O) groups is 1.